The van der Waals surface area contributed by atoms with Gasteiger partial charge in [0, 0.05) is 19.6 Å². The van der Waals surface area contributed by atoms with Crippen molar-refractivity contribution in [3.63, 3.8) is 0 Å². The number of fused-ring (bicyclic) bond motifs is 1. The third kappa shape index (κ3) is 2.88. The first-order valence-corrected chi connectivity index (χ1v) is 7.14. The topological polar surface area (TPSA) is 69.2 Å². The Bertz CT molecular complexity index is 669. The highest BCUT2D eigenvalue weighted by atomic mass is 32.1. The molecule has 2 aromatic rings. The Morgan fingerprint density at radius 3 is 3.05 bits per heavy atom. The fraction of sp³-hybridized carbons (Fsp3) is 0.357. The number of nitrogens with two attached hydrogens (primary N) is 1. The Labute approximate surface area is 128 Å². The summed E-state index contributed by atoms with van der Waals surface area (Å²) in [5.41, 5.74) is 7.70. The molecular weight excluding hydrogens is 286 g/mol. The van der Waals surface area contributed by atoms with Gasteiger partial charge in [0.2, 0.25) is 0 Å². The minimum atomic E-state index is 0.354. The van der Waals surface area contributed by atoms with Crippen molar-refractivity contribution in [3.05, 3.63) is 41.5 Å². The predicted octanol–water partition coefficient (Wildman–Crippen LogP) is 0.937. The van der Waals surface area contributed by atoms with E-state index in [1.54, 1.807) is 13.4 Å². The summed E-state index contributed by atoms with van der Waals surface area (Å²) in [6, 6.07) is 5.96. The first-order valence-electron chi connectivity index (χ1n) is 6.73. The Balaban J connectivity index is 1.77. The van der Waals surface area contributed by atoms with E-state index in [2.05, 4.69) is 19.7 Å². The minimum absolute atomic E-state index is 0.354. The highest BCUT2D eigenvalue weighted by Gasteiger charge is 2.18. The molecule has 0 bridgehead atoms. The zero-order chi connectivity index (χ0) is 14.8. The minimum Gasteiger partial charge on any atom is -0.496 e. The summed E-state index contributed by atoms with van der Waals surface area (Å²) in [5.74, 6) is 1.72. The van der Waals surface area contributed by atoms with Gasteiger partial charge in [0.05, 0.1) is 19.2 Å². The zero-order valence-electron chi connectivity index (χ0n) is 11.8. The van der Waals surface area contributed by atoms with Crippen molar-refractivity contribution in [2.75, 3.05) is 13.7 Å². The van der Waals surface area contributed by atoms with Gasteiger partial charge in [0.15, 0.2) is 0 Å². The molecule has 21 heavy (non-hydrogen) atoms. The molecule has 1 aliphatic rings. The number of rotatable bonds is 4. The Morgan fingerprint density at radius 2 is 2.29 bits per heavy atom. The van der Waals surface area contributed by atoms with E-state index in [0.29, 0.717) is 10.7 Å². The van der Waals surface area contributed by atoms with Crippen LogP contribution >= 0.6 is 12.2 Å². The molecule has 0 aliphatic carbocycles. The van der Waals surface area contributed by atoms with Crippen LogP contribution in [0, 0.1) is 0 Å². The molecule has 3 rings (SSSR count). The molecule has 0 fully saturated rings. The molecule has 110 valence electrons. The molecule has 1 aromatic carbocycles. The number of methoxy groups -OCH3 is 1. The van der Waals surface area contributed by atoms with Gasteiger partial charge >= 0.3 is 0 Å². The van der Waals surface area contributed by atoms with Gasteiger partial charge in [0.25, 0.3) is 0 Å². The van der Waals surface area contributed by atoms with E-state index in [9.17, 15) is 0 Å². The second-order valence-electron chi connectivity index (χ2n) is 5.05. The lowest BCUT2D eigenvalue weighted by Crippen LogP contribution is -2.33. The van der Waals surface area contributed by atoms with E-state index < -0.39 is 0 Å². The molecule has 0 saturated carbocycles. The van der Waals surface area contributed by atoms with Crippen LogP contribution in [0.1, 0.15) is 17.0 Å². The van der Waals surface area contributed by atoms with Crippen molar-refractivity contribution >= 4 is 17.2 Å². The Kier molecular flexibility index (Phi) is 3.85. The smallest absolute Gasteiger partial charge is 0.147 e. The Hall–Kier alpha value is -1.99. The number of thiocarbonyl (C=S) groups is 1. The van der Waals surface area contributed by atoms with Crippen molar-refractivity contribution in [2.24, 2.45) is 5.73 Å². The summed E-state index contributed by atoms with van der Waals surface area (Å²) in [6.45, 7) is 3.51. The third-order valence-electron chi connectivity index (χ3n) is 3.65. The lowest BCUT2D eigenvalue weighted by atomic mass is 10.1. The van der Waals surface area contributed by atoms with Crippen LogP contribution in [0.3, 0.4) is 0 Å². The monoisotopic (exact) mass is 303 g/mol. The van der Waals surface area contributed by atoms with Gasteiger partial charge in [-0.1, -0.05) is 18.3 Å². The van der Waals surface area contributed by atoms with Crippen LogP contribution in [0.2, 0.25) is 0 Å². The largest absolute Gasteiger partial charge is 0.496 e. The fourth-order valence-electron chi connectivity index (χ4n) is 2.56. The standard InChI is InChI=1S/C14H17N5OS/c1-20-12-3-2-10(6-11(12)14(15)21)7-18-4-5-19-9-16-17-13(19)8-18/h2-3,6,9H,4-5,7-8H2,1H3,(H2,15,21). The molecule has 2 N–H and O–H groups in total. The average Bonchev–Trinajstić information content (AvgIpc) is 2.94. The SMILES string of the molecule is COc1ccc(CN2CCn3cnnc3C2)cc1C(N)=S. The molecule has 2 heterocycles. The third-order valence-corrected chi connectivity index (χ3v) is 3.87. The van der Waals surface area contributed by atoms with Gasteiger partial charge < -0.3 is 15.0 Å². The van der Waals surface area contributed by atoms with Crippen LogP contribution in [0.25, 0.3) is 0 Å². The zero-order valence-corrected chi connectivity index (χ0v) is 12.6. The maximum atomic E-state index is 5.76. The maximum Gasteiger partial charge on any atom is 0.147 e. The predicted molar refractivity (Wildman–Crippen MR) is 83.0 cm³/mol. The highest BCUT2D eigenvalue weighted by molar-refractivity contribution is 7.80. The molecule has 0 saturated heterocycles. The second-order valence-corrected chi connectivity index (χ2v) is 5.49. The maximum absolute atomic E-state index is 5.76. The number of nitrogens with zero attached hydrogens (tertiary/aromatic N) is 4. The van der Waals surface area contributed by atoms with Gasteiger partial charge in [-0.05, 0) is 17.7 Å². The van der Waals surface area contributed by atoms with E-state index in [4.69, 9.17) is 22.7 Å². The van der Waals surface area contributed by atoms with E-state index in [0.717, 1.165) is 43.1 Å². The van der Waals surface area contributed by atoms with Gasteiger partial charge in [-0.2, -0.15) is 0 Å². The van der Waals surface area contributed by atoms with Crippen LogP contribution in [0.4, 0.5) is 0 Å². The molecule has 0 unspecified atom stereocenters. The lowest BCUT2D eigenvalue weighted by Gasteiger charge is -2.27. The van der Waals surface area contributed by atoms with E-state index >= 15 is 0 Å². The molecule has 1 aromatic heterocycles. The van der Waals surface area contributed by atoms with E-state index in [-0.39, 0.29) is 0 Å². The quantitative estimate of drug-likeness (QED) is 0.848. The van der Waals surface area contributed by atoms with Crippen LogP contribution in [0.15, 0.2) is 24.5 Å². The Morgan fingerprint density at radius 1 is 1.43 bits per heavy atom. The van der Waals surface area contributed by atoms with Gasteiger partial charge in [0.1, 0.15) is 22.9 Å². The summed E-state index contributed by atoms with van der Waals surface area (Å²) >= 11 is 5.08. The summed E-state index contributed by atoms with van der Waals surface area (Å²) in [6.07, 6.45) is 1.78. The van der Waals surface area contributed by atoms with Crippen molar-refractivity contribution < 1.29 is 4.74 Å². The summed E-state index contributed by atoms with van der Waals surface area (Å²) in [7, 11) is 1.62. The number of hydrogen-bond acceptors (Lipinski definition) is 5. The lowest BCUT2D eigenvalue weighted by molar-refractivity contribution is 0.208. The number of benzene rings is 1. The highest BCUT2D eigenvalue weighted by Crippen LogP contribution is 2.21. The molecule has 0 atom stereocenters. The van der Waals surface area contributed by atoms with Crippen LogP contribution < -0.4 is 10.5 Å². The van der Waals surface area contributed by atoms with E-state index in [1.807, 2.05) is 18.2 Å². The summed E-state index contributed by atoms with van der Waals surface area (Å²) in [4.78, 5) is 2.68. The summed E-state index contributed by atoms with van der Waals surface area (Å²) < 4.78 is 7.37. The van der Waals surface area contributed by atoms with Gasteiger partial charge in [-0.15, -0.1) is 10.2 Å². The van der Waals surface area contributed by atoms with Crippen LogP contribution in [0.5, 0.6) is 5.75 Å². The van der Waals surface area contributed by atoms with Crippen molar-refractivity contribution in [1.29, 1.82) is 0 Å². The average molecular weight is 303 g/mol. The number of aromatic nitrogens is 3. The van der Waals surface area contributed by atoms with Crippen molar-refractivity contribution in [1.82, 2.24) is 19.7 Å². The molecule has 7 heteroatoms. The van der Waals surface area contributed by atoms with Crippen LogP contribution in [-0.4, -0.2) is 38.3 Å². The summed E-state index contributed by atoms with van der Waals surface area (Å²) in [5, 5.41) is 8.07. The van der Waals surface area contributed by atoms with Crippen molar-refractivity contribution in [2.45, 2.75) is 19.6 Å². The van der Waals surface area contributed by atoms with Gasteiger partial charge in [-0.25, -0.2) is 0 Å². The molecule has 1 aliphatic heterocycles. The fourth-order valence-corrected chi connectivity index (χ4v) is 2.72. The molecule has 6 nitrogen and oxygen atoms in total. The molecule has 0 amide bonds. The normalized spacial score (nSPS) is 14.7. The van der Waals surface area contributed by atoms with Crippen molar-refractivity contribution in [3.8, 4) is 5.75 Å². The van der Waals surface area contributed by atoms with E-state index in [1.165, 1.54) is 0 Å². The number of hydrogen-bond donors (Lipinski definition) is 1. The molecule has 0 radical (unpaired) electrons. The first-order chi connectivity index (χ1) is 10.2. The van der Waals surface area contributed by atoms with Crippen LogP contribution in [-0.2, 0) is 19.6 Å². The molecule has 0 spiro atoms. The molecular formula is C14H17N5OS. The first kappa shape index (κ1) is 14.0. The second kappa shape index (κ2) is 5.79. The number of ether oxygens (including phenoxy) is 1. The van der Waals surface area contributed by atoms with Gasteiger partial charge in [-0.3, -0.25) is 4.90 Å².